The number of phenols is 1. The van der Waals surface area contributed by atoms with Crippen molar-refractivity contribution in [2.75, 3.05) is 7.11 Å². The lowest BCUT2D eigenvalue weighted by molar-refractivity contribution is 0.369. The number of halogens is 1. The molecule has 1 aliphatic rings. The summed E-state index contributed by atoms with van der Waals surface area (Å²) in [5.74, 6) is 0.737. The highest BCUT2D eigenvalue weighted by molar-refractivity contribution is 9.10. The van der Waals surface area contributed by atoms with Gasteiger partial charge in [0.1, 0.15) is 0 Å². The van der Waals surface area contributed by atoms with Gasteiger partial charge in [0.15, 0.2) is 11.5 Å². The van der Waals surface area contributed by atoms with E-state index in [2.05, 4.69) is 15.9 Å². The minimum absolute atomic E-state index is 0.00889. The number of rotatable bonds is 4. The molecule has 0 saturated heterocycles. The molecule has 1 saturated carbocycles. The first-order chi connectivity index (χ1) is 7.56. The Morgan fingerprint density at radius 3 is 2.75 bits per heavy atom. The first kappa shape index (κ1) is 11.7. The van der Waals surface area contributed by atoms with Crippen LogP contribution in [-0.4, -0.2) is 17.8 Å². The SMILES string of the molecule is COc1ccc(Br)c(CCC2(N)CC2)c1O. The van der Waals surface area contributed by atoms with Gasteiger partial charge in [0.05, 0.1) is 7.11 Å². The smallest absolute Gasteiger partial charge is 0.162 e. The molecule has 0 aliphatic heterocycles. The van der Waals surface area contributed by atoms with Crippen LogP contribution < -0.4 is 10.5 Å². The Hall–Kier alpha value is -0.740. The van der Waals surface area contributed by atoms with Crippen molar-refractivity contribution < 1.29 is 9.84 Å². The monoisotopic (exact) mass is 285 g/mol. The topological polar surface area (TPSA) is 55.5 Å². The summed E-state index contributed by atoms with van der Waals surface area (Å²) in [7, 11) is 1.55. The third kappa shape index (κ3) is 2.33. The first-order valence-corrected chi connectivity index (χ1v) is 6.18. The van der Waals surface area contributed by atoms with E-state index in [1.165, 1.54) is 0 Å². The van der Waals surface area contributed by atoms with Crippen molar-refractivity contribution in [2.45, 2.75) is 31.2 Å². The Morgan fingerprint density at radius 1 is 1.50 bits per heavy atom. The summed E-state index contributed by atoms with van der Waals surface area (Å²) < 4.78 is 6.00. The summed E-state index contributed by atoms with van der Waals surface area (Å²) in [6.07, 6.45) is 3.87. The van der Waals surface area contributed by atoms with Crippen molar-refractivity contribution >= 4 is 15.9 Å². The number of methoxy groups -OCH3 is 1. The highest BCUT2D eigenvalue weighted by Gasteiger charge is 2.37. The highest BCUT2D eigenvalue weighted by atomic mass is 79.9. The second kappa shape index (κ2) is 4.26. The molecule has 3 N–H and O–H groups in total. The summed E-state index contributed by atoms with van der Waals surface area (Å²) in [4.78, 5) is 0. The predicted molar refractivity (Wildman–Crippen MR) is 66.8 cm³/mol. The number of phenolic OH excluding ortho intramolecular Hbond substituents is 1. The van der Waals surface area contributed by atoms with Crippen LogP contribution in [0, 0.1) is 0 Å². The van der Waals surface area contributed by atoms with Crippen LogP contribution in [0.4, 0.5) is 0 Å². The Balaban J connectivity index is 2.17. The second-order valence-corrected chi connectivity index (χ2v) is 5.29. The average Bonchev–Trinajstić information content (AvgIpc) is 2.97. The van der Waals surface area contributed by atoms with Crippen molar-refractivity contribution in [3.8, 4) is 11.5 Å². The van der Waals surface area contributed by atoms with Crippen molar-refractivity contribution in [3.63, 3.8) is 0 Å². The normalized spacial score (nSPS) is 17.2. The van der Waals surface area contributed by atoms with E-state index in [9.17, 15) is 5.11 Å². The molecule has 0 bridgehead atoms. The van der Waals surface area contributed by atoms with E-state index in [0.717, 1.165) is 35.7 Å². The lowest BCUT2D eigenvalue weighted by Gasteiger charge is -2.13. The van der Waals surface area contributed by atoms with Gasteiger partial charge < -0.3 is 15.6 Å². The van der Waals surface area contributed by atoms with Gasteiger partial charge >= 0.3 is 0 Å². The van der Waals surface area contributed by atoms with E-state index in [1.54, 1.807) is 13.2 Å². The number of hydrogen-bond acceptors (Lipinski definition) is 3. The summed E-state index contributed by atoms with van der Waals surface area (Å²) >= 11 is 3.44. The molecule has 1 fully saturated rings. The second-order valence-electron chi connectivity index (χ2n) is 4.44. The first-order valence-electron chi connectivity index (χ1n) is 5.39. The molecule has 0 heterocycles. The lowest BCUT2D eigenvalue weighted by Crippen LogP contribution is -2.22. The van der Waals surface area contributed by atoms with Crippen molar-refractivity contribution in [1.82, 2.24) is 0 Å². The van der Waals surface area contributed by atoms with Gasteiger partial charge in [-0.25, -0.2) is 0 Å². The van der Waals surface area contributed by atoms with Gasteiger partial charge in [-0.05, 0) is 37.8 Å². The van der Waals surface area contributed by atoms with E-state index < -0.39 is 0 Å². The minimum atomic E-state index is 0.00889. The lowest BCUT2D eigenvalue weighted by atomic mass is 10.0. The number of ether oxygens (including phenoxy) is 1. The quantitative estimate of drug-likeness (QED) is 0.894. The maximum absolute atomic E-state index is 9.99. The fraction of sp³-hybridized carbons (Fsp3) is 0.500. The van der Waals surface area contributed by atoms with Gasteiger partial charge in [0.2, 0.25) is 0 Å². The Labute approximate surface area is 104 Å². The van der Waals surface area contributed by atoms with Gasteiger partial charge in [0, 0.05) is 15.6 Å². The number of hydrogen-bond donors (Lipinski definition) is 2. The molecule has 0 aromatic heterocycles. The van der Waals surface area contributed by atoms with Crippen LogP contribution in [0.2, 0.25) is 0 Å². The molecule has 0 radical (unpaired) electrons. The fourth-order valence-electron chi connectivity index (χ4n) is 1.78. The number of nitrogens with two attached hydrogens (primary N) is 1. The zero-order chi connectivity index (χ0) is 11.8. The van der Waals surface area contributed by atoms with Crippen LogP contribution in [-0.2, 0) is 6.42 Å². The highest BCUT2D eigenvalue weighted by Crippen LogP contribution is 2.40. The van der Waals surface area contributed by atoms with E-state index in [-0.39, 0.29) is 11.3 Å². The van der Waals surface area contributed by atoms with E-state index in [0.29, 0.717) is 5.75 Å². The zero-order valence-corrected chi connectivity index (χ0v) is 10.9. The number of aromatic hydroxyl groups is 1. The molecule has 4 heteroatoms. The molecule has 2 rings (SSSR count). The molecule has 0 spiro atoms. The van der Waals surface area contributed by atoms with Gasteiger partial charge in [-0.2, -0.15) is 0 Å². The Bertz CT molecular complexity index is 402. The summed E-state index contributed by atoms with van der Waals surface area (Å²) in [6, 6.07) is 3.64. The van der Waals surface area contributed by atoms with Crippen LogP contribution in [0.3, 0.4) is 0 Å². The van der Waals surface area contributed by atoms with Gasteiger partial charge in [-0.15, -0.1) is 0 Å². The van der Waals surface area contributed by atoms with Gasteiger partial charge in [0.25, 0.3) is 0 Å². The van der Waals surface area contributed by atoms with E-state index in [4.69, 9.17) is 10.5 Å². The molecule has 0 atom stereocenters. The summed E-state index contributed by atoms with van der Waals surface area (Å²) in [5.41, 5.74) is 6.93. The van der Waals surface area contributed by atoms with Crippen LogP contribution in [0.15, 0.2) is 16.6 Å². The third-order valence-corrected chi connectivity index (χ3v) is 3.92. The van der Waals surface area contributed by atoms with Gasteiger partial charge in [-0.1, -0.05) is 15.9 Å². The molecular formula is C12H16BrNO2. The van der Waals surface area contributed by atoms with Crippen molar-refractivity contribution in [2.24, 2.45) is 5.73 Å². The standard InChI is InChI=1S/C12H16BrNO2/c1-16-10-3-2-9(13)8(11(10)15)4-5-12(14)6-7-12/h2-3,15H,4-7,14H2,1H3. The van der Waals surface area contributed by atoms with E-state index >= 15 is 0 Å². The molecule has 0 unspecified atom stereocenters. The summed E-state index contributed by atoms with van der Waals surface area (Å²) in [5, 5.41) is 9.99. The fourth-order valence-corrected chi connectivity index (χ4v) is 2.30. The largest absolute Gasteiger partial charge is 0.504 e. The van der Waals surface area contributed by atoms with E-state index in [1.807, 2.05) is 6.07 Å². The van der Waals surface area contributed by atoms with Crippen molar-refractivity contribution in [3.05, 3.63) is 22.2 Å². The molecule has 88 valence electrons. The molecular weight excluding hydrogens is 270 g/mol. The molecule has 16 heavy (non-hydrogen) atoms. The van der Waals surface area contributed by atoms with Crippen LogP contribution in [0.25, 0.3) is 0 Å². The molecule has 3 nitrogen and oxygen atoms in total. The third-order valence-electron chi connectivity index (χ3n) is 3.17. The van der Waals surface area contributed by atoms with Crippen molar-refractivity contribution in [1.29, 1.82) is 0 Å². The van der Waals surface area contributed by atoms with Crippen LogP contribution >= 0.6 is 15.9 Å². The predicted octanol–water partition coefficient (Wildman–Crippen LogP) is 2.59. The Morgan fingerprint density at radius 2 is 2.19 bits per heavy atom. The maximum atomic E-state index is 9.99. The molecule has 1 aromatic carbocycles. The molecule has 1 aliphatic carbocycles. The molecule has 1 aromatic rings. The maximum Gasteiger partial charge on any atom is 0.162 e. The van der Waals surface area contributed by atoms with Crippen LogP contribution in [0.1, 0.15) is 24.8 Å². The number of benzene rings is 1. The summed E-state index contributed by atoms with van der Waals surface area (Å²) in [6.45, 7) is 0. The average molecular weight is 286 g/mol. The van der Waals surface area contributed by atoms with Gasteiger partial charge in [-0.3, -0.25) is 0 Å². The Kier molecular flexibility index (Phi) is 3.13. The zero-order valence-electron chi connectivity index (χ0n) is 9.29. The molecule has 0 amide bonds. The van der Waals surface area contributed by atoms with Crippen LogP contribution in [0.5, 0.6) is 11.5 Å². The minimum Gasteiger partial charge on any atom is -0.504 e.